The third-order valence-corrected chi connectivity index (χ3v) is 3.30. The average molecular weight is 255 g/mol. The van der Waals surface area contributed by atoms with E-state index in [2.05, 4.69) is 4.98 Å². The molecular weight excluding hydrogens is 238 g/mol. The Balaban J connectivity index is 2.17. The van der Waals surface area contributed by atoms with Gasteiger partial charge in [-0.3, -0.25) is 4.57 Å². The summed E-state index contributed by atoms with van der Waals surface area (Å²) in [4.78, 5) is 15.3. The molecule has 7 nitrogen and oxygen atoms in total. The summed E-state index contributed by atoms with van der Waals surface area (Å²) >= 11 is 0. The monoisotopic (exact) mass is 255 g/mol. The molecule has 4 N–H and O–H groups in total. The minimum absolute atomic E-state index is 0.0349. The molecule has 18 heavy (non-hydrogen) atoms. The molecule has 7 heteroatoms. The van der Waals surface area contributed by atoms with Gasteiger partial charge in [-0.15, -0.1) is 0 Å². The molecule has 0 amide bonds. The van der Waals surface area contributed by atoms with E-state index in [-0.39, 0.29) is 30.9 Å². The molecule has 0 aliphatic carbocycles. The van der Waals surface area contributed by atoms with Crippen molar-refractivity contribution < 1.29 is 14.9 Å². The topological polar surface area (TPSA) is 111 Å². The Hall–Kier alpha value is -1.44. The van der Waals surface area contributed by atoms with Gasteiger partial charge in [-0.1, -0.05) is 0 Å². The largest absolute Gasteiger partial charge is 0.396 e. The fourth-order valence-electron chi connectivity index (χ4n) is 2.15. The zero-order valence-electron chi connectivity index (χ0n) is 9.90. The summed E-state index contributed by atoms with van der Waals surface area (Å²) in [6.07, 6.45) is 1.53. The molecule has 0 unspecified atom stereocenters. The van der Waals surface area contributed by atoms with E-state index < -0.39 is 11.9 Å². The van der Waals surface area contributed by atoms with E-state index in [0.717, 1.165) is 0 Å². The Bertz CT molecular complexity index is 462. The number of aliphatic hydroxyl groups is 2. The Morgan fingerprint density at radius 3 is 2.78 bits per heavy atom. The summed E-state index contributed by atoms with van der Waals surface area (Å²) in [7, 11) is 0. The van der Waals surface area contributed by atoms with Crippen LogP contribution in [0.1, 0.15) is 12.6 Å². The van der Waals surface area contributed by atoms with Crippen molar-refractivity contribution in [2.45, 2.75) is 12.6 Å². The molecular formula is C11H17N3O4. The molecule has 1 aliphatic rings. The number of hydrogen-bond donors (Lipinski definition) is 3. The van der Waals surface area contributed by atoms with Gasteiger partial charge in [0.05, 0.1) is 6.61 Å². The predicted octanol–water partition coefficient (Wildman–Crippen LogP) is -1.04. The van der Waals surface area contributed by atoms with E-state index in [0.29, 0.717) is 13.0 Å². The maximum absolute atomic E-state index is 11.7. The number of aliphatic hydroxyl groups excluding tert-OH is 2. The minimum Gasteiger partial charge on any atom is -0.396 e. The average Bonchev–Trinajstić information content (AvgIpc) is 2.38. The maximum atomic E-state index is 11.7. The van der Waals surface area contributed by atoms with Gasteiger partial charge in [-0.05, 0) is 18.4 Å². The Morgan fingerprint density at radius 1 is 1.44 bits per heavy atom. The lowest BCUT2D eigenvalue weighted by Gasteiger charge is -2.34. The maximum Gasteiger partial charge on any atom is 0.351 e. The molecule has 2 rings (SSSR count). The zero-order valence-corrected chi connectivity index (χ0v) is 9.90. The van der Waals surface area contributed by atoms with Gasteiger partial charge in [-0.25, -0.2) is 4.79 Å². The van der Waals surface area contributed by atoms with Crippen LogP contribution < -0.4 is 11.4 Å². The quantitative estimate of drug-likeness (QED) is 0.636. The Labute approximate surface area is 104 Å². The van der Waals surface area contributed by atoms with Crippen LogP contribution in [0.2, 0.25) is 0 Å². The molecule has 0 aromatic carbocycles. The normalized spacial score (nSPS) is 28.2. The van der Waals surface area contributed by atoms with Crippen LogP contribution in [-0.4, -0.2) is 39.6 Å². The summed E-state index contributed by atoms with van der Waals surface area (Å²) in [5, 5.41) is 18.4. The van der Waals surface area contributed by atoms with Crippen LogP contribution in [0.25, 0.3) is 0 Å². The van der Waals surface area contributed by atoms with Crippen LogP contribution in [-0.2, 0) is 4.74 Å². The van der Waals surface area contributed by atoms with Crippen molar-refractivity contribution in [1.82, 2.24) is 9.55 Å². The van der Waals surface area contributed by atoms with Gasteiger partial charge < -0.3 is 20.7 Å². The number of rotatable bonds is 3. The zero-order chi connectivity index (χ0) is 13.1. The summed E-state index contributed by atoms with van der Waals surface area (Å²) in [6.45, 7) is 0.234. The van der Waals surface area contributed by atoms with Crippen molar-refractivity contribution in [3.8, 4) is 0 Å². The lowest BCUT2D eigenvalue weighted by molar-refractivity contribution is -0.107. The van der Waals surface area contributed by atoms with Crippen molar-refractivity contribution in [2.75, 3.05) is 25.6 Å². The number of nitrogens with two attached hydrogens (primary N) is 1. The first-order valence-electron chi connectivity index (χ1n) is 5.83. The fourth-order valence-corrected chi connectivity index (χ4v) is 2.15. The molecule has 0 spiro atoms. The van der Waals surface area contributed by atoms with Crippen LogP contribution in [0.5, 0.6) is 0 Å². The van der Waals surface area contributed by atoms with E-state index in [4.69, 9.17) is 15.6 Å². The van der Waals surface area contributed by atoms with Crippen LogP contribution in [0, 0.1) is 11.8 Å². The lowest BCUT2D eigenvalue weighted by atomic mass is 9.88. The molecule has 0 saturated carbocycles. The van der Waals surface area contributed by atoms with E-state index in [1.807, 2.05) is 0 Å². The number of anilines is 1. The first kappa shape index (κ1) is 13.0. The number of nitrogens with zero attached hydrogens (tertiary/aromatic N) is 2. The van der Waals surface area contributed by atoms with Crippen LogP contribution in [0.15, 0.2) is 17.1 Å². The highest BCUT2D eigenvalue weighted by Crippen LogP contribution is 2.30. The van der Waals surface area contributed by atoms with E-state index >= 15 is 0 Å². The van der Waals surface area contributed by atoms with E-state index in [9.17, 15) is 9.90 Å². The lowest BCUT2D eigenvalue weighted by Crippen LogP contribution is -2.39. The predicted molar refractivity (Wildman–Crippen MR) is 63.7 cm³/mol. The second-order valence-electron chi connectivity index (χ2n) is 4.45. The highest BCUT2D eigenvalue weighted by Gasteiger charge is 2.31. The summed E-state index contributed by atoms with van der Waals surface area (Å²) < 4.78 is 6.89. The summed E-state index contributed by atoms with van der Waals surface area (Å²) in [6, 6.07) is 1.52. The molecule has 1 saturated heterocycles. The molecule has 100 valence electrons. The number of ether oxygens (including phenoxy) is 1. The SMILES string of the molecule is Nc1ccn([C@@H]2C[C@H](CO)[C@@H](CO)CO2)c(=O)n1. The Kier molecular flexibility index (Phi) is 3.95. The number of aromatic nitrogens is 2. The molecule has 1 aliphatic heterocycles. The molecule has 3 atom stereocenters. The van der Waals surface area contributed by atoms with Gasteiger partial charge in [0, 0.05) is 25.3 Å². The second kappa shape index (κ2) is 5.47. The van der Waals surface area contributed by atoms with Crippen LogP contribution >= 0.6 is 0 Å². The number of nitrogen functional groups attached to an aromatic ring is 1. The molecule has 0 bridgehead atoms. The summed E-state index contributed by atoms with van der Waals surface area (Å²) in [5.74, 6) is -0.0131. The minimum atomic E-state index is -0.473. The van der Waals surface area contributed by atoms with Gasteiger partial charge in [0.15, 0.2) is 0 Å². The van der Waals surface area contributed by atoms with E-state index in [1.54, 1.807) is 0 Å². The molecule has 0 radical (unpaired) electrons. The van der Waals surface area contributed by atoms with Crippen molar-refractivity contribution in [3.63, 3.8) is 0 Å². The van der Waals surface area contributed by atoms with Gasteiger partial charge in [0.2, 0.25) is 0 Å². The molecule has 2 heterocycles. The van der Waals surface area contributed by atoms with Gasteiger partial charge in [-0.2, -0.15) is 4.98 Å². The second-order valence-corrected chi connectivity index (χ2v) is 4.45. The smallest absolute Gasteiger partial charge is 0.351 e. The third kappa shape index (κ3) is 2.53. The van der Waals surface area contributed by atoms with Gasteiger partial charge >= 0.3 is 5.69 Å². The van der Waals surface area contributed by atoms with Crippen molar-refractivity contribution >= 4 is 5.82 Å². The van der Waals surface area contributed by atoms with Gasteiger partial charge in [0.25, 0.3) is 0 Å². The van der Waals surface area contributed by atoms with Crippen LogP contribution in [0.4, 0.5) is 5.82 Å². The first-order valence-corrected chi connectivity index (χ1v) is 5.83. The number of hydrogen-bond acceptors (Lipinski definition) is 6. The highest BCUT2D eigenvalue weighted by molar-refractivity contribution is 5.23. The van der Waals surface area contributed by atoms with Gasteiger partial charge in [0.1, 0.15) is 12.0 Å². The first-order chi connectivity index (χ1) is 8.65. The highest BCUT2D eigenvalue weighted by atomic mass is 16.5. The molecule has 1 fully saturated rings. The van der Waals surface area contributed by atoms with Crippen molar-refractivity contribution in [1.29, 1.82) is 0 Å². The molecule has 1 aromatic heterocycles. The van der Waals surface area contributed by atoms with Crippen LogP contribution in [0.3, 0.4) is 0 Å². The summed E-state index contributed by atoms with van der Waals surface area (Å²) in [5.41, 5.74) is 4.94. The Morgan fingerprint density at radius 2 is 2.17 bits per heavy atom. The molecule has 1 aromatic rings. The fraction of sp³-hybridized carbons (Fsp3) is 0.636. The van der Waals surface area contributed by atoms with E-state index in [1.165, 1.54) is 16.8 Å². The third-order valence-electron chi connectivity index (χ3n) is 3.30. The van der Waals surface area contributed by atoms with Crippen molar-refractivity contribution in [3.05, 3.63) is 22.7 Å². The van der Waals surface area contributed by atoms with Crippen molar-refractivity contribution in [2.24, 2.45) is 11.8 Å². The standard InChI is InChI=1S/C11H17N3O4/c12-9-1-2-14(11(17)13-9)10-3-7(4-15)8(5-16)6-18-10/h1-2,7-8,10,15-16H,3-6H2,(H2,12,13,17)/t7-,8+,10+/m1/s1.